The minimum Gasteiger partial charge on any atom is -0.342 e. The molecule has 0 saturated carbocycles. The molecule has 0 N–H and O–H groups in total. The Kier molecular flexibility index (Phi) is 7.61. The summed E-state index contributed by atoms with van der Waals surface area (Å²) in [5, 5.41) is 0. The molecule has 5 aromatic carbocycles. The van der Waals surface area contributed by atoms with Crippen LogP contribution in [-0.2, 0) is 31.4 Å². The number of hydrogen-bond donors (Lipinski definition) is 0. The van der Waals surface area contributed by atoms with Gasteiger partial charge in [0.2, 0.25) is 0 Å². The first-order chi connectivity index (χ1) is 22.9. The molecule has 2 heterocycles. The van der Waals surface area contributed by atoms with Crippen molar-refractivity contribution in [1.82, 2.24) is 3.97 Å². The minimum atomic E-state index is -3.94. The molecule has 1 aliphatic rings. The molecule has 0 amide bonds. The van der Waals surface area contributed by atoms with E-state index in [1.54, 1.807) is 24.5 Å². The first-order valence-corrected chi connectivity index (χ1v) is 17.9. The van der Waals surface area contributed by atoms with E-state index in [1.165, 1.54) is 9.54 Å². The van der Waals surface area contributed by atoms with E-state index < -0.39 is 21.2 Å². The summed E-state index contributed by atoms with van der Waals surface area (Å²) >= 11 is 0. The Hall–Kier alpha value is -4.71. The Morgan fingerprint density at radius 1 is 0.583 bits per heavy atom. The first-order valence-electron chi connectivity index (χ1n) is 16.4. The van der Waals surface area contributed by atoms with Gasteiger partial charge in [0.15, 0.2) is 11.2 Å². The van der Waals surface area contributed by atoms with Crippen molar-refractivity contribution in [2.75, 3.05) is 0 Å². The van der Waals surface area contributed by atoms with Crippen molar-refractivity contribution in [2.24, 2.45) is 0 Å². The van der Waals surface area contributed by atoms with Crippen LogP contribution in [0.1, 0.15) is 65.3 Å². The third-order valence-electron chi connectivity index (χ3n) is 9.81. The second-order valence-electron chi connectivity index (χ2n) is 14.0. The zero-order valence-corrected chi connectivity index (χ0v) is 29.2. The second kappa shape index (κ2) is 11.5. The van der Waals surface area contributed by atoms with E-state index in [1.807, 2.05) is 61.5 Å². The highest BCUT2D eigenvalue weighted by atomic mass is 32.2. The zero-order valence-electron chi connectivity index (χ0n) is 28.4. The SMILES string of the molecule is Cc1ccc(S(=O)(=O)n2cc(-c3c(C)cccc3C)c(C3(c4ccc(C(C)(C)C)cc4)OC3(c3ccccc3)c3ccccc3)c2)cc1. The number of ether oxygens (including phenoxy) is 1. The lowest BCUT2D eigenvalue weighted by molar-refractivity contribution is 0.300. The molecule has 48 heavy (non-hydrogen) atoms. The quantitative estimate of drug-likeness (QED) is 0.162. The number of benzene rings is 5. The summed E-state index contributed by atoms with van der Waals surface area (Å²) in [6, 6.07) is 42.5. The van der Waals surface area contributed by atoms with E-state index in [-0.39, 0.29) is 10.3 Å². The van der Waals surface area contributed by atoms with E-state index in [0.717, 1.165) is 50.1 Å². The van der Waals surface area contributed by atoms with Gasteiger partial charge < -0.3 is 4.74 Å². The largest absolute Gasteiger partial charge is 0.342 e. The third-order valence-corrected chi connectivity index (χ3v) is 11.4. The molecule has 1 atom stereocenters. The van der Waals surface area contributed by atoms with Gasteiger partial charge in [-0.25, -0.2) is 12.4 Å². The zero-order chi connectivity index (χ0) is 33.9. The molecule has 1 unspecified atom stereocenters. The summed E-state index contributed by atoms with van der Waals surface area (Å²) < 4.78 is 37.5. The Morgan fingerprint density at radius 3 is 1.62 bits per heavy atom. The van der Waals surface area contributed by atoms with E-state index >= 15 is 0 Å². The molecule has 1 aliphatic heterocycles. The van der Waals surface area contributed by atoms with Gasteiger partial charge in [-0.05, 0) is 77.3 Å². The van der Waals surface area contributed by atoms with Gasteiger partial charge in [-0.3, -0.25) is 0 Å². The lowest BCUT2D eigenvalue weighted by atomic mass is 9.72. The Balaban J connectivity index is 1.59. The fourth-order valence-corrected chi connectivity index (χ4v) is 8.44. The Labute approximate surface area is 284 Å². The maximum atomic E-state index is 14.4. The average molecular weight is 652 g/mol. The highest BCUT2D eigenvalue weighted by Gasteiger charge is 2.74. The molecule has 0 bridgehead atoms. The predicted octanol–water partition coefficient (Wildman–Crippen LogP) is 9.83. The lowest BCUT2D eigenvalue weighted by Gasteiger charge is -2.25. The molecule has 1 aromatic heterocycles. The van der Waals surface area contributed by atoms with Crippen LogP contribution in [0.25, 0.3) is 11.1 Å². The van der Waals surface area contributed by atoms with Crippen molar-refractivity contribution >= 4 is 10.0 Å². The van der Waals surface area contributed by atoms with Crippen LogP contribution in [0.3, 0.4) is 0 Å². The van der Waals surface area contributed by atoms with Crippen molar-refractivity contribution in [3.05, 3.63) is 184 Å². The van der Waals surface area contributed by atoms with Gasteiger partial charge in [-0.2, -0.15) is 0 Å². The monoisotopic (exact) mass is 651 g/mol. The van der Waals surface area contributed by atoms with Crippen LogP contribution in [0, 0.1) is 20.8 Å². The van der Waals surface area contributed by atoms with Gasteiger partial charge in [0.05, 0.1) is 4.90 Å². The molecule has 0 radical (unpaired) electrons. The van der Waals surface area contributed by atoms with Gasteiger partial charge >= 0.3 is 0 Å². The first kappa shape index (κ1) is 31.9. The van der Waals surface area contributed by atoms with Crippen molar-refractivity contribution in [3.63, 3.8) is 0 Å². The average Bonchev–Trinajstić information content (AvgIpc) is 3.60. The van der Waals surface area contributed by atoms with Crippen LogP contribution in [-0.4, -0.2) is 12.4 Å². The molecule has 7 rings (SSSR count). The summed E-state index contributed by atoms with van der Waals surface area (Å²) in [4.78, 5) is 0.236. The third kappa shape index (κ3) is 4.96. The number of nitrogens with zero attached hydrogens (tertiary/aromatic N) is 1. The predicted molar refractivity (Wildman–Crippen MR) is 194 cm³/mol. The number of hydrogen-bond acceptors (Lipinski definition) is 3. The molecular formula is C43H41NO3S. The molecule has 242 valence electrons. The number of epoxide rings is 1. The number of aromatic nitrogens is 1. The summed E-state index contributed by atoms with van der Waals surface area (Å²) in [6.45, 7) is 12.7. The van der Waals surface area contributed by atoms with Crippen LogP contribution < -0.4 is 0 Å². The second-order valence-corrected chi connectivity index (χ2v) is 15.9. The standard InChI is InChI=1S/C43H41NO3S/c1-30-20-26-37(27-21-30)48(45,46)44-28-38(40-31(2)14-13-15-32(40)3)39(29-44)43(36-24-22-33(23-25-36)41(4,5)6)42(47-43,34-16-9-7-10-17-34)35-18-11-8-12-19-35/h7-29H,1-6H3. The summed E-state index contributed by atoms with van der Waals surface area (Å²) in [5.41, 5.74) is 7.89. The van der Waals surface area contributed by atoms with Crippen LogP contribution >= 0.6 is 0 Å². The fourth-order valence-electron chi connectivity index (χ4n) is 7.23. The van der Waals surface area contributed by atoms with E-state index in [2.05, 4.69) is 95.3 Å². The lowest BCUT2D eigenvalue weighted by Crippen LogP contribution is -2.26. The topological polar surface area (TPSA) is 51.6 Å². The van der Waals surface area contributed by atoms with Crippen molar-refractivity contribution in [3.8, 4) is 11.1 Å². The van der Waals surface area contributed by atoms with Crippen LogP contribution in [0.2, 0.25) is 0 Å². The minimum absolute atomic E-state index is 0.0408. The maximum Gasteiger partial charge on any atom is 0.267 e. The van der Waals surface area contributed by atoms with E-state index in [9.17, 15) is 8.42 Å². The van der Waals surface area contributed by atoms with E-state index in [4.69, 9.17) is 4.74 Å². The van der Waals surface area contributed by atoms with Crippen LogP contribution in [0.4, 0.5) is 0 Å². The van der Waals surface area contributed by atoms with Gasteiger partial charge in [-0.1, -0.05) is 142 Å². The Bertz CT molecular complexity index is 2150. The molecule has 1 saturated heterocycles. The molecule has 6 aromatic rings. The van der Waals surface area contributed by atoms with Crippen LogP contribution in [0.15, 0.2) is 145 Å². The van der Waals surface area contributed by atoms with Gasteiger partial charge in [-0.15, -0.1) is 0 Å². The maximum absolute atomic E-state index is 14.4. The molecule has 1 fully saturated rings. The molecule has 0 aliphatic carbocycles. The molecule has 4 nitrogen and oxygen atoms in total. The number of aryl methyl sites for hydroxylation is 3. The number of rotatable bonds is 7. The fraction of sp³-hybridized carbons (Fsp3) is 0.209. The Morgan fingerprint density at radius 2 is 1.10 bits per heavy atom. The van der Waals surface area contributed by atoms with Gasteiger partial charge in [0.1, 0.15) is 0 Å². The van der Waals surface area contributed by atoms with Gasteiger partial charge in [0.25, 0.3) is 10.0 Å². The molecule has 0 spiro atoms. The highest BCUT2D eigenvalue weighted by molar-refractivity contribution is 7.90. The summed E-state index contributed by atoms with van der Waals surface area (Å²) in [6.07, 6.45) is 3.58. The van der Waals surface area contributed by atoms with E-state index in [0.29, 0.717) is 0 Å². The highest BCUT2D eigenvalue weighted by Crippen LogP contribution is 2.70. The molecular weight excluding hydrogens is 611 g/mol. The van der Waals surface area contributed by atoms with Crippen molar-refractivity contribution < 1.29 is 13.2 Å². The van der Waals surface area contributed by atoms with Gasteiger partial charge in [0, 0.05) is 23.5 Å². The smallest absolute Gasteiger partial charge is 0.267 e. The van der Waals surface area contributed by atoms with Crippen molar-refractivity contribution in [2.45, 2.75) is 63.1 Å². The normalized spacial score (nSPS) is 17.3. The van der Waals surface area contributed by atoms with Crippen LogP contribution in [0.5, 0.6) is 0 Å². The molecule has 5 heteroatoms. The summed E-state index contributed by atoms with van der Waals surface area (Å²) in [5.74, 6) is 0. The van der Waals surface area contributed by atoms with Crippen molar-refractivity contribution in [1.29, 1.82) is 0 Å². The summed E-state index contributed by atoms with van der Waals surface area (Å²) in [7, 11) is -3.94.